The van der Waals surface area contributed by atoms with Crippen LogP contribution in [-0.2, 0) is 13.6 Å². The molecular weight excluding hydrogens is 266 g/mol. The molecule has 1 aromatic carbocycles. The first kappa shape index (κ1) is 15.1. The molecule has 1 unspecified atom stereocenters. The van der Waals surface area contributed by atoms with Gasteiger partial charge in [-0.2, -0.15) is 5.10 Å². The number of rotatable bonds is 5. The van der Waals surface area contributed by atoms with Crippen molar-refractivity contribution in [3.8, 4) is 0 Å². The van der Waals surface area contributed by atoms with Crippen molar-refractivity contribution in [1.82, 2.24) is 20.4 Å². The van der Waals surface area contributed by atoms with Crippen LogP contribution in [0.1, 0.15) is 24.1 Å². The third-order valence-electron chi connectivity index (χ3n) is 3.31. The van der Waals surface area contributed by atoms with Gasteiger partial charge in [-0.15, -0.1) is 0 Å². The van der Waals surface area contributed by atoms with E-state index in [9.17, 15) is 4.79 Å². The molecule has 0 radical (unpaired) electrons. The predicted molar refractivity (Wildman–Crippen MR) is 83.0 cm³/mol. The lowest BCUT2D eigenvalue weighted by molar-refractivity contribution is 0.251. The highest BCUT2D eigenvalue weighted by Crippen LogP contribution is 2.15. The Kier molecular flexibility index (Phi) is 4.94. The number of urea groups is 1. The van der Waals surface area contributed by atoms with Crippen LogP contribution in [0, 0.1) is 0 Å². The SMILES string of the molecule is CNC(C)c1ccc(NC(=O)NCc2cnn(C)c2)cc1. The summed E-state index contributed by atoms with van der Waals surface area (Å²) in [6, 6.07) is 7.85. The Bertz CT molecular complexity index is 590. The third-order valence-corrected chi connectivity index (χ3v) is 3.31. The van der Waals surface area contributed by atoms with Crippen LogP contribution in [-0.4, -0.2) is 22.9 Å². The minimum Gasteiger partial charge on any atom is -0.334 e. The van der Waals surface area contributed by atoms with Gasteiger partial charge in [-0.25, -0.2) is 4.79 Å². The van der Waals surface area contributed by atoms with E-state index in [1.807, 2.05) is 44.6 Å². The second-order valence-corrected chi connectivity index (χ2v) is 4.96. The number of amides is 2. The molecule has 21 heavy (non-hydrogen) atoms. The largest absolute Gasteiger partial charge is 0.334 e. The Morgan fingerprint density at radius 1 is 1.33 bits per heavy atom. The molecule has 0 fully saturated rings. The molecular formula is C15H21N5O. The van der Waals surface area contributed by atoms with Gasteiger partial charge in [0.05, 0.1) is 6.20 Å². The van der Waals surface area contributed by atoms with Crippen LogP contribution < -0.4 is 16.0 Å². The lowest BCUT2D eigenvalue weighted by atomic mass is 10.1. The maximum absolute atomic E-state index is 11.8. The molecule has 0 aliphatic rings. The van der Waals surface area contributed by atoms with Gasteiger partial charge in [-0.3, -0.25) is 4.68 Å². The van der Waals surface area contributed by atoms with Crippen LogP contribution in [0.5, 0.6) is 0 Å². The average Bonchev–Trinajstić information content (AvgIpc) is 2.91. The maximum atomic E-state index is 11.8. The van der Waals surface area contributed by atoms with Gasteiger partial charge in [0.15, 0.2) is 0 Å². The number of hydrogen-bond acceptors (Lipinski definition) is 3. The number of nitrogens with zero attached hydrogens (tertiary/aromatic N) is 2. The molecule has 0 spiro atoms. The molecule has 0 saturated carbocycles. The van der Waals surface area contributed by atoms with Gasteiger partial charge >= 0.3 is 6.03 Å². The van der Waals surface area contributed by atoms with Gasteiger partial charge in [0.25, 0.3) is 0 Å². The summed E-state index contributed by atoms with van der Waals surface area (Å²) in [6.07, 6.45) is 3.60. The van der Waals surface area contributed by atoms with Crippen molar-refractivity contribution in [3.05, 3.63) is 47.8 Å². The lowest BCUT2D eigenvalue weighted by Gasteiger charge is -2.12. The number of aromatic nitrogens is 2. The third kappa shape index (κ3) is 4.32. The Labute approximate surface area is 124 Å². The van der Waals surface area contributed by atoms with Crippen molar-refractivity contribution < 1.29 is 4.79 Å². The summed E-state index contributed by atoms with van der Waals surface area (Å²) in [5.74, 6) is 0. The zero-order valence-corrected chi connectivity index (χ0v) is 12.6. The topological polar surface area (TPSA) is 71.0 Å². The van der Waals surface area contributed by atoms with Crippen molar-refractivity contribution in [3.63, 3.8) is 0 Å². The Balaban J connectivity index is 1.84. The second-order valence-electron chi connectivity index (χ2n) is 4.96. The van der Waals surface area contributed by atoms with Crippen molar-refractivity contribution >= 4 is 11.7 Å². The van der Waals surface area contributed by atoms with E-state index in [1.54, 1.807) is 10.9 Å². The molecule has 3 N–H and O–H groups in total. The van der Waals surface area contributed by atoms with E-state index in [2.05, 4.69) is 28.0 Å². The highest BCUT2D eigenvalue weighted by molar-refractivity contribution is 5.89. The maximum Gasteiger partial charge on any atom is 0.319 e. The van der Waals surface area contributed by atoms with Crippen molar-refractivity contribution in [2.75, 3.05) is 12.4 Å². The smallest absolute Gasteiger partial charge is 0.319 e. The van der Waals surface area contributed by atoms with E-state index < -0.39 is 0 Å². The highest BCUT2D eigenvalue weighted by Gasteiger charge is 2.05. The number of carbonyl (C=O) groups is 1. The molecule has 2 rings (SSSR count). The quantitative estimate of drug-likeness (QED) is 0.788. The van der Waals surface area contributed by atoms with Gasteiger partial charge in [0.2, 0.25) is 0 Å². The van der Waals surface area contributed by atoms with Crippen LogP contribution in [0.3, 0.4) is 0 Å². The summed E-state index contributed by atoms with van der Waals surface area (Å²) >= 11 is 0. The molecule has 0 saturated heterocycles. The van der Waals surface area contributed by atoms with Crippen molar-refractivity contribution in [1.29, 1.82) is 0 Å². The summed E-state index contributed by atoms with van der Waals surface area (Å²) < 4.78 is 1.70. The second kappa shape index (κ2) is 6.90. The molecule has 0 bridgehead atoms. The number of anilines is 1. The summed E-state index contributed by atoms with van der Waals surface area (Å²) in [7, 11) is 3.76. The van der Waals surface area contributed by atoms with Crippen molar-refractivity contribution in [2.24, 2.45) is 7.05 Å². The van der Waals surface area contributed by atoms with E-state index >= 15 is 0 Å². The first-order valence-electron chi connectivity index (χ1n) is 6.88. The summed E-state index contributed by atoms with van der Waals surface area (Å²) in [5, 5.41) is 12.8. The minimum absolute atomic E-state index is 0.228. The normalized spacial score (nSPS) is 12.0. The number of benzene rings is 1. The molecule has 1 atom stereocenters. The fourth-order valence-corrected chi connectivity index (χ4v) is 1.94. The zero-order chi connectivity index (χ0) is 15.2. The molecule has 0 aliphatic heterocycles. The lowest BCUT2D eigenvalue weighted by Crippen LogP contribution is -2.28. The Morgan fingerprint density at radius 2 is 2.05 bits per heavy atom. The zero-order valence-electron chi connectivity index (χ0n) is 12.6. The first-order valence-corrected chi connectivity index (χ1v) is 6.88. The van der Waals surface area contributed by atoms with E-state index in [1.165, 1.54) is 5.56 Å². The number of hydrogen-bond donors (Lipinski definition) is 3. The van der Waals surface area contributed by atoms with Crippen LogP contribution in [0.2, 0.25) is 0 Å². The minimum atomic E-state index is -0.228. The van der Waals surface area contributed by atoms with Gasteiger partial charge in [-0.1, -0.05) is 12.1 Å². The van der Waals surface area contributed by atoms with E-state index in [0.717, 1.165) is 11.3 Å². The molecule has 112 valence electrons. The number of carbonyl (C=O) groups excluding carboxylic acids is 1. The highest BCUT2D eigenvalue weighted by atomic mass is 16.2. The first-order chi connectivity index (χ1) is 10.1. The number of aryl methyl sites for hydroxylation is 1. The van der Waals surface area contributed by atoms with Crippen LogP contribution >= 0.6 is 0 Å². The van der Waals surface area contributed by atoms with Gasteiger partial charge in [0, 0.05) is 37.1 Å². The monoisotopic (exact) mass is 287 g/mol. The van der Waals surface area contributed by atoms with Gasteiger partial charge in [0.1, 0.15) is 0 Å². The molecule has 1 aromatic heterocycles. The fraction of sp³-hybridized carbons (Fsp3) is 0.333. The molecule has 1 heterocycles. The summed E-state index contributed by atoms with van der Waals surface area (Å²) in [5.41, 5.74) is 2.91. The van der Waals surface area contributed by atoms with Gasteiger partial charge in [-0.05, 0) is 31.7 Å². The van der Waals surface area contributed by atoms with Crippen LogP contribution in [0.4, 0.5) is 10.5 Å². The Morgan fingerprint density at radius 3 is 2.62 bits per heavy atom. The average molecular weight is 287 g/mol. The number of nitrogens with one attached hydrogen (secondary N) is 3. The van der Waals surface area contributed by atoms with E-state index in [4.69, 9.17) is 0 Å². The van der Waals surface area contributed by atoms with Crippen molar-refractivity contribution in [2.45, 2.75) is 19.5 Å². The molecule has 0 aliphatic carbocycles. The standard InChI is InChI=1S/C15H21N5O/c1-11(16-2)13-4-6-14(7-5-13)19-15(21)17-8-12-9-18-20(3)10-12/h4-7,9-11,16H,8H2,1-3H3,(H2,17,19,21). The van der Waals surface area contributed by atoms with Crippen LogP contribution in [0.25, 0.3) is 0 Å². The molecule has 2 amide bonds. The fourth-order valence-electron chi connectivity index (χ4n) is 1.94. The van der Waals surface area contributed by atoms with Gasteiger partial charge < -0.3 is 16.0 Å². The molecule has 6 nitrogen and oxygen atoms in total. The van der Waals surface area contributed by atoms with Crippen LogP contribution in [0.15, 0.2) is 36.7 Å². The van der Waals surface area contributed by atoms with E-state index in [0.29, 0.717) is 12.6 Å². The summed E-state index contributed by atoms with van der Waals surface area (Å²) in [4.78, 5) is 11.8. The molecule has 2 aromatic rings. The summed E-state index contributed by atoms with van der Waals surface area (Å²) in [6.45, 7) is 2.54. The van der Waals surface area contributed by atoms with E-state index in [-0.39, 0.29) is 6.03 Å². The predicted octanol–water partition coefficient (Wildman–Crippen LogP) is 2.02. The Hall–Kier alpha value is -2.34. The molecule has 6 heteroatoms.